The molecule has 0 radical (unpaired) electrons. The van der Waals surface area contributed by atoms with Crippen molar-refractivity contribution in [1.29, 1.82) is 0 Å². The predicted octanol–water partition coefficient (Wildman–Crippen LogP) is 4.69. The molecule has 0 aliphatic carbocycles. The van der Waals surface area contributed by atoms with Crippen LogP contribution in [-0.2, 0) is 0 Å². The minimum atomic E-state index is -0.402. The van der Waals surface area contributed by atoms with Crippen molar-refractivity contribution in [2.45, 2.75) is 5.16 Å². The smallest absolute Gasteiger partial charge is 0.266 e. The van der Waals surface area contributed by atoms with E-state index in [4.69, 9.17) is 0 Å². The molecule has 0 amide bonds. The SMILES string of the molecule is O=C(CSc1nc2ccccc2c(=O)n1-c1ccc(F)cc1)c1cnn(-c2ccccc2)c1. The highest BCUT2D eigenvalue weighted by Crippen LogP contribution is 2.23. The van der Waals surface area contributed by atoms with Gasteiger partial charge >= 0.3 is 0 Å². The van der Waals surface area contributed by atoms with E-state index in [2.05, 4.69) is 10.1 Å². The van der Waals surface area contributed by atoms with Gasteiger partial charge in [0, 0.05) is 6.20 Å². The molecule has 0 bridgehead atoms. The van der Waals surface area contributed by atoms with Crippen LogP contribution in [0.25, 0.3) is 22.3 Å². The summed E-state index contributed by atoms with van der Waals surface area (Å²) in [7, 11) is 0. The minimum Gasteiger partial charge on any atom is -0.293 e. The molecular formula is C25H17FN4O2S. The zero-order chi connectivity index (χ0) is 22.8. The molecule has 0 aliphatic heterocycles. The van der Waals surface area contributed by atoms with Gasteiger partial charge in [-0.1, -0.05) is 42.1 Å². The van der Waals surface area contributed by atoms with Crippen LogP contribution < -0.4 is 5.56 Å². The molecular weight excluding hydrogens is 439 g/mol. The molecule has 2 heterocycles. The number of rotatable bonds is 6. The number of benzene rings is 3. The molecule has 0 N–H and O–H groups in total. The van der Waals surface area contributed by atoms with Gasteiger partial charge in [-0.25, -0.2) is 14.1 Å². The number of carbonyl (C=O) groups is 1. The topological polar surface area (TPSA) is 69.8 Å². The molecule has 0 saturated carbocycles. The molecule has 3 aromatic carbocycles. The van der Waals surface area contributed by atoms with Gasteiger partial charge in [-0.3, -0.25) is 14.2 Å². The van der Waals surface area contributed by atoms with Crippen molar-refractivity contribution in [3.8, 4) is 11.4 Å². The summed E-state index contributed by atoms with van der Waals surface area (Å²) in [6, 6.07) is 22.1. The largest absolute Gasteiger partial charge is 0.293 e. The first-order chi connectivity index (χ1) is 16.1. The summed E-state index contributed by atoms with van der Waals surface area (Å²) in [4.78, 5) is 30.7. The maximum Gasteiger partial charge on any atom is 0.266 e. The van der Waals surface area contributed by atoms with E-state index in [1.54, 1.807) is 35.1 Å². The number of ketones is 1. The van der Waals surface area contributed by atoms with Crippen LogP contribution in [0.15, 0.2) is 101 Å². The number of nitrogens with zero attached hydrogens (tertiary/aromatic N) is 4. The second-order valence-electron chi connectivity index (χ2n) is 7.25. The highest BCUT2D eigenvalue weighted by molar-refractivity contribution is 7.99. The molecule has 0 saturated heterocycles. The van der Waals surface area contributed by atoms with E-state index in [1.807, 2.05) is 30.3 Å². The molecule has 6 nitrogen and oxygen atoms in total. The summed E-state index contributed by atoms with van der Waals surface area (Å²) >= 11 is 1.15. The monoisotopic (exact) mass is 456 g/mol. The molecule has 0 unspecified atom stereocenters. The van der Waals surface area contributed by atoms with Crippen LogP contribution in [0.4, 0.5) is 4.39 Å². The fraction of sp³-hybridized carbons (Fsp3) is 0.0400. The fourth-order valence-corrected chi connectivity index (χ4v) is 4.34. The third-order valence-electron chi connectivity index (χ3n) is 5.09. The van der Waals surface area contributed by atoms with Crippen LogP contribution in [0, 0.1) is 5.82 Å². The van der Waals surface area contributed by atoms with Gasteiger partial charge in [0.05, 0.1) is 39.8 Å². The van der Waals surface area contributed by atoms with Gasteiger partial charge in [0.15, 0.2) is 10.9 Å². The van der Waals surface area contributed by atoms with Gasteiger partial charge in [0.1, 0.15) is 5.82 Å². The second-order valence-corrected chi connectivity index (χ2v) is 8.19. The van der Waals surface area contributed by atoms with Crippen LogP contribution >= 0.6 is 11.8 Å². The Bertz CT molecular complexity index is 1510. The van der Waals surface area contributed by atoms with E-state index in [9.17, 15) is 14.0 Å². The maximum absolute atomic E-state index is 13.5. The maximum atomic E-state index is 13.5. The van der Waals surface area contributed by atoms with Crippen molar-refractivity contribution >= 4 is 28.4 Å². The molecule has 5 aromatic rings. The summed E-state index contributed by atoms with van der Waals surface area (Å²) < 4.78 is 16.5. The average Bonchev–Trinajstić information content (AvgIpc) is 3.35. The first-order valence-corrected chi connectivity index (χ1v) is 11.1. The Hall–Kier alpha value is -4.04. The van der Waals surface area contributed by atoms with E-state index in [1.165, 1.54) is 35.0 Å². The van der Waals surface area contributed by atoms with Gasteiger partial charge in [-0.15, -0.1) is 0 Å². The van der Waals surface area contributed by atoms with Crippen LogP contribution in [-0.4, -0.2) is 30.9 Å². The third-order valence-corrected chi connectivity index (χ3v) is 6.03. The lowest BCUT2D eigenvalue weighted by atomic mass is 10.2. The number of fused-ring (bicyclic) bond motifs is 1. The van der Waals surface area contributed by atoms with E-state index in [0.717, 1.165) is 17.4 Å². The van der Waals surface area contributed by atoms with E-state index in [0.29, 0.717) is 27.3 Å². The highest BCUT2D eigenvalue weighted by atomic mass is 32.2. The van der Waals surface area contributed by atoms with Crippen LogP contribution in [0.3, 0.4) is 0 Å². The lowest BCUT2D eigenvalue weighted by Gasteiger charge is -2.13. The number of para-hydroxylation sites is 2. The zero-order valence-corrected chi connectivity index (χ0v) is 18.1. The molecule has 0 fully saturated rings. The molecule has 2 aromatic heterocycles. The number of hydrogen-bond acceptors (Lipinski definition) is 5. The summed E-state index contributed by atoms with van der Waals surface area (Å²) in [6.07, 6.45) is 3.20. The predicted molar refractivity (Wildman–Crippen MR) is 126 cm³/mol. The van der Waals surface area contributed by atoms with Gasteiger partial charge < -0.3 is 0 Å². The quantitative estimate of drug-likeness (QED) is 0.211. The molecule has 33 heavy (non-hydrogen) atoms. The standard InChI is InChI=1S/C25H17FN4O2S/c26-18-10-12-20(13-11-18)30-24(32)21-8-4-5-9-22(21)28-25(30)33-16-23(31)17-14-27-29(15-17)19-6-2-1-3-7-19/h1-15H,16H2. The van der Waals surface area contributed by atoms with Crippen molar-refractivity contribution in [2.75, 3.05) is 5.75 Å². The number of carbonyl (C=O) groups excluding carboxylic acids is 1. The molecule has 8 heteroatoms. The van der Waals surface area contributed by atoms with Gasteiger partial charge in [-0.05, 0) is 48.5 Å². The summed E-state index contributed by atoms with van der Waals surface area (Å²) in [5.74, 6) is -0.484. The number of aromatic nitrogens is 4. The summed E-state index contributed by atoms with van der Waals surface area (Å²) in [6.45, 7) is 0. The Morgan fingerprint density at radius 2 is 1.64 bits per heavy atom. The summed E-state index contributed by atoms with van der Waals surface area (Å²) in [5.41, 5.74) is 2.05. The van der Waals surface area contributed by atoms with Crippen LogP contribution in [0.2, 0.25) is 0 Å². The molecule has 0 spiro atoms. The minimum absolute atomic E-state index is 0.0620. The molecule has 162 valence electrons. The van der Waals surface area contributed by atoms with Crippen LogP contribution in [0.1, 0.15) is 10.4 Å². The van der Waals surface area contributed by atoms with Crippen molar-refractivity contribution in [1.82, 2.24) is 19.3 Å². The van der Waals surface area contributed by atoms with Crippen molar-refractivity contribution in [2.24, 2.45) is 0 Å². The lowest BCUT2D eigenvalue weighted by molar-refractivity contribution is 0.102. The molecule has 0 aliphatic rings. The van der Waals surface area contributed by atoms with Crippen molar-refractivity contribution in [3.05, 3.63) is 113 Å². The average molecular weight is 457 g/mol. The third kappa shape index (κ3) is 4.20. The van der Waals surface area contributed by atoms with Crippen molar-refractivity contribution in [3.63, 3.8) is 0 Å². The van der Waals surface area contributed by atoms with E-state index in [-0.39, 0.29) is 17.1 Å². The number of thioether (sulfide) groups is 1. The number of Topliss-reactive ketones (excluding diaryl/α,β-unsaturated/α-hetero) is 1. The fourth-order valence-electron chi connectivity index (χ4n) is 3.43. The Morgan fingerprint density at radius 1 is 0.909 bits per heavy atom. The van der Waals surface area contributed by atoms with Crippen LogP contribution in [0.5, 0.6) is 0 Å². The second kappa shape index (κ2) is 8.84. The molecule has 5 rings (SSSR count). The van der Waals surface area contributed by atoms with Gasteiger partial charge in [0.25, 0.3) is 5.56 Å². The Morgan fingerprint density at radius 3 is 2.42 bits per heavy atom. The lowest BCUT2D eigenvalue weighted by Crippen LogP contribution is -2.22. The van der Waals surface area contributed by atoms with E-state index < -0.39 is 5.82 Å². The Kier molecular flexibility index (Phi) is 5.58. The van der Waals surface area contributed by atoms with Gasteiger partial charge in [0.2, 0.25) is 0 Å². The first kappa shape index (κ1) is 20.8. The number of halogens is 1. The number of hydrogen-bond donors (Lipinski definition) is 0. The van der Waals surface area contributed by atoms with Crippen molar-refractivity contribution < 1.29 is 9.18 Å². The molecule has 0 atom stereocenters. The zero-order valence-electron chi connectivity index (χ0n) is 17.3. The van der Waals surface area contributed by atoms with E-state index >= 15 is 0 Å². The first-order valence-electron chi connectivity index (χ1n) is 10.1. The highest BCUT2D eigenvalue weighted by Gasteiger charge is 2.16. The normalized spacial score (nSPS) is 11.1. The summed E-state index contributed by atoms with van der Waals surface area (Å²) in [5, 5.41) is 5.07. The Balaban J connectivity index is 1.47. The van der Waals surface area contributed by atoms with Gasteiger partial charge in [-0.2, -0.15) is 5.10 Å². The Labute approximate surface area is 192 Å².